The Morgan fingerprint density at radius 1 is 0.277 bits per heavy atom. The zero-order valence-corrected chi connectivity index (χ0v) is 25.8. The molecule has 0 saturated heterocycles. The Labute approximate surface area is 274 Å². The van der Waals surface area contributed by atoms with E-state index in [2.05, 4.69) is 182 Å². The summed E-state index contributed by atoms with van der Waals surface area (Å²) in [5.41, 5.74) is 9.98. The first-order valence-corrected chi connectivity index (χ1v) is 16.4. The molecule has 0 saturated carbocycles. The van der Waals surface area contributed by atoms with Crippen molar-refractivity contribution in [2.45, 2.75) is 5.41 Å². The van der Waals surface area contributed by atoms with Gasteiger partial charge in [0.1, 0.15) is 0 Å². The number of benzene rings is 9. The summed E-state index contributed by atoms with van der Waals surface area (Å²) in [7, 11) is 0. The van der Waals surface area contributed by atoms with Gasteiger partial charge in [-0.2, -0.15) is 0 Å². The van der Waals surface area contributed by atoms with E-state index in [0.717, 1.165) is 0 Å². The Hall–Kier alpha value is -5.98. The van der Waals surface area contributed by atoms with E-state index in [1.807, 2.05) is 0 Å². The second-order valence-corrected chi connectivity index (χ2v) is 12.8. The lowest BCUT2D eigenvalue weighted by molar-refractivity contribution is 0.769. The lowest BCUT2D eigenvalue weighted by atomic mass is 9.67. The summed E-state index contributed by atoms with van der Waals surface area (Å²) >= 11 is 0. The van der Waals surface area contributed by atoms with Crippen LogP contribution in [0.2, 0.25) is 0 Å². The fourth-order valence-corrected chi connectivity index (χ4v) is 8.61. The van der Waals surface area contributed by atoms with Crippen molar-refractivity contribution in [3.8, 4) is 22.3 Å². The first-order valence-electron chi connectivity index (χ1n) is 16.4. The molecule has 0 heterocycles. The van der Waals surface area contributed by atoms with E-state index in [-0.39, 0.29) is 0 Å². The molecule has 0 bridgehead atoms. The molecule has 0 nitrogen and oxygen atoms in total. The Morgan fingerprint density at radius 2 is 0.787 bits per heavy atom. The first kappa shape index (κ1) is 26.3. The van der Waals surface area contributed by atoms with Gasteiger partial charge >= 0.3 is 0 Å². The van der Waals surface area contributed by atoms with Crippen LogP contribution in [0.15, 0.2) is 182 Å². The third kappa shape index (κ3) is 3.59. The number of hydrogen-bond acceptors (Lipinski definition) is 0. The summed E-state index contributed by atoms with van der Waals surface area (Å²) in [6, 6.07) is 67.7. The molecule has 0 aliphatic heterocycles. The second kappa shape index (κ2) is 10.0. The summed E-state index contributed by atoms with van der Waals surface area (Å²) in [6.45, 7) is 0. The van der Waals surface area contributed by atoms with Crippen LogP contribution in [-0.2, 0) is 5.41 Å². The van der Waals surface area contributed by atoms with Crippen molar-refractivity contribution in [1.29, 1.82) is 0 Å². The third-order valence-electron chi connectivity index (χ3n) is 10.5. The summed E-state index contributed by atoms with van der Waals surface area (Å²) in [4.78, 5) is 0. The van der Waals surface area contributed by atoms with Crippen molar-refractivity contribution in [3.05, 3.63) is 204 Å². The normalized spacial score (nSPS) is 13.3. The predicted molar refractivity (Wildman–Crippen MR) is 199 cm³/mol. The maximum Gasteiger partial charge on any atom is 0.0714 e. The molecule has 47 heavy (non-hydrogen) atoms. The van der Waals surface area contributed by atoms with Gasteiger partial charge in [0.2, 0.25) is 0 Å². The molecule has 0 atom stereocenters. The zero-order chi connectivity index (χ0) is 31.0. The molecule has 218 valence electrons. The van der Waals surface area contributed by atoms with Crippen LogP contribution >= 0.6 is 0 Å². The maximum absolute atomic E-state index is 2.54. The smallest absolute Gasteiger partial charge is 0.0622 e. The van der Waals surface area contributed by atoms with E-state index in [1.165, 1.54) is 87.6 Å². The number of rotatable bonds is 3. The van der Waals surface area contributed by atoms with Gasteiger partial charge in [0.15, 0.2) is 0 Å². The van der Waals surface area contributed by atoms with E-state index < -0.39 is 5.41 Å². The van der Waals surface area contributed by atoms with Crippen LogP contribution in [0.4, 0.5) is 0 Å². The predicted octanol–water partition coefficient (Wildman–Crippen LogP) is 12.3. The zero-order valence-electron chi connectivity index (χ0n) is 25.8. The highest BCUT2D eigenvalue weighted by atomic mass is 14.5. The van der Waals surface area contributed by atoms with E-state index in [4.69, 9.17) is 0 Å². The van der Waals surface area contributed by atoms with Gasteiger partial charge in [-0.05, 0) is 99.7 Å². The first-order chi connectivity index (χ1) is 23.3. The standard InChI is InChI=1S/C47H30/c1-3-16-32(17-4-1)47(33-18-5-2-6-19-33)44-26-14-13-25-40(44)46-39-24-12-11-23-37(39)43(30-45(46)47)42-29-41-34-20-8-7-15-31(34)27-28-38(41)35-21-9-10-22-36(35)42/h1-30H. The third-order valence-corrected chi connectivity index (χ3v) is 10.5. The average Bonchev–Trinajstić information content (AvgIpc) is 3.46. The van der Waals surface area contributed by atoms with Crippen LogP contribution in [0.25, 0.3) is 65.3 Å². The van der Waals surface area contributed by atoms with Crippen molar-refractivity contribution < 1.29 is 0 Å². The van der Waals surface area contributed by atoms with Gasteiger partial charge in [-0.3, -0.25) is 0 Å². The minimum Gasteiger partial charge on any atom is -0.0622 e. The van der Waals surface area contributed by atoms with Crippen LogP contribution in [0.1, 0.15) is 22.3 Å². The average molecular weight is 595 g/mol. The molecule has 0 fully saturated rings. The van der Waals surface area contributed by atoms with Gasteiger partial charge < -0.3 is 0 Å². The number of hydrogen-bond donors (Lipinski definition) is 0. The Bertz CT molecular complexity index is 2620. The highest BCUT2D eigenvalue weighted by molar-refractivity contribution is 6.23. The van der Waals surface area contributed by atoms with Crippen LogP contribution in [0.5, 0.6) is 0 Å². The molecule has 1 aliphatic rings. The molecule has 0 amide bonds. The van der Waals surface area contributed by atoms with Crippen molar-refractivity contribution in [1.82, 2.24) is 0 Å². The van der Waals surface area contributed by atoms with Gasteiger partial charge in [-0.25, -0.2) is 0 Å². The SMILES string of the molecule is c1ccc(C2(c3ccccc3)c3ccccc3-c3c2cc(-c2cc4c5ccccc5ccc4c4ccccc24)c2ccccc32)cc1. The number of fused-ring (bicyclic) bond motifs is 10. The van der Waals surface area contributed by atoms with Gasteiger partial charge in [-0.15, -0.1) is 0 Å². The van der Waals surface area contributed by atoms with Crippen LogP contribution in [0.3, 0.4) is 0 Å². The highest BCUT2D eigenvalue weighted by Gasteiger charge is 2.47. The minimum atomic E-state index is -0.466. The van der Waals surface area contributed by atoms with Crippen LogP contribution in [0, 0.1) is 0 Å². The molecule has 0 unspecified atom stereocenters. The Kier molecular flexibility index (Phi) is 5.59. The highest BCUT2D eigenvalue weighted by Crippen LogP contribution is 2.59. The van der Waals surface area contributed by atoms with Gasteiger partial charge in [0.25, 0.3) is 0 Å². The molecule has 9 aromatic rings. The molecule has 0 aromatic heterocycles. The fraction of sp³-hybridized carbons (Fsp3) is 0.0213. The van der Waals surface area contributed by atoms with E-state index in [1.54, 1.807) is 0 Å². The lowest BCUT2D eigenvalue weighted by Gasteiger charge is -2.34. The van der Waals surface area contributed by atoms with Crippen molar-refractivity contribution in [3.63, 3.8) is 0 Å². The van der Waals surface area contributed by atoms with Crippen LogP contribution in [-0.4, -0.2) is 0 Å². The van der Waals surface area contributed by atoms with Crippen LogP contribution < -0.4 is 0 Å². The second-order valence-electron chi connectivity index (χ2n) is 12.8. The molecule has 10 rings (SSSR count). The molecular formula is C47H30. The summed E-state index contributed by atoms with van der Waals surface area (Å²) < 4.78 is 0. The molecule has 9 aromatic carbocycles. The molecular weight excluding hydrogens is 565 g/mol. The summed E-state index contributed by atoms with van der Waals surface area (Å²) in [6.07, 6.45) is 0. The van der Waals surface area contributed by atoms with Crippen molar-refractivity contribution >= 4 is 43.1 Å². The van der Waals surface area contributed by atoms with E-state index in [9.17, 15) is 0 Å². The van der Waals surface area contributed by atoms with Gasteiger partial charge in [0.05, 0.1) is 5.41 Å². The van der Waals surface area contributed by atoms with Gasteiger partial charge in [0, 0.05) is 0 Å². The largest absolute Gasteiger partial charge is 0.0714 e. The summed E-state index contributed by atoms with van der Waals surface area (Å²) in [5, 5.41) is 10.3. The molecule has 0 radical (unpaired) electrons. The van der Waals surface area contributed by atoms with Crippen molar-refractivity contribution in [2.75, 3.05) is 0 Å². The van der Waals surface area contributed by atoms with E-state index in [0.29, 0.717) is 0 Å². The Balaban J connectivity index is 1.41. The monoisotopic (exact) mass is 594 g/mol. The molecule has 1 aliphatic carbocycles. The molecule has 0 N–H and O–H groups in total. The molecule has 0 heteroatoms. The van der Waals surface area contributed by atoms with Gasteiger partial charge in [-0.1, -0.05) is 170 Å². The molecule has 0 spiro atoms. The minimum absolute atomic E-state index is 0.466. The summed E-state index contributed by atoms with van der Waals surface area (Å²) in [5.74, 6) is 0. The lowest BCUT2D eigenvalue weighted by Crippen LogP contribution is -2.28. The van der Waals surface area contributed by atoms with E-state index >= 15 is 0 Å². The fourth-order valence-electron chi connectivity index (χ4n) is 8.61. The topological polar surface area (TPSA) is 0 Å². The maximum atomic E-state index is 2.54. The quantitative estimate of drug-likeness (QED) is 0.179. The van der Waals surface area contributed by atoms with Crippen molar-refractivity contribution in [2.24, 2.45) is 0 Å². The Morgan fingerprint density at radius 3 is 1.51 bits per heavy atom.